The molecule has 0 aromatic rings. The molecular formula is C6H10O8. The van der Waals surface area contributed by atoms with Crippen LogP contribution in [0.5, 0.6) is 0 Å². The van der Waals surface area contributed by atoms with Crippen molar-refractivity contribution in [1.82, 2.24) is 0 Å². The zero-order valence-electron chi connectivity index (χ0n) is 7.12. The summed E-state index contributed by atoms with van der Waals surface area (Å²) in [5, 5.41) is 39.9. The van der Waals surface area contributed by atoms with E-state index in [-0.39, 0.29) is 0 Å². The molecule has 0 aliphatic heterocycles. The van der Waals surface area contributed by atoms with E-state index in [0.29, 0.717) is 0 Å². The van der Waals surface area contributed by atoms with Gasteiger partial charge in [-0.15, -0.1) is 0 Å². The largest absolute Gasteiger partial charge is 0.481 e. The molecule has 0 radical (unpaired) electrons. The summed E-state index contributed by atoms with van der Waals surface area (Å²) in [6.45, 7) is 1.08. The lowest BCUT2D eigenvalue weighted by Crippen LogP contribution is -2.39. The highest BCUT2D eigenvalue weighted by Gasteiger charge is 2.29. The third-order valence-electron chi connectivity index (χ3n) is 0.805. The van der Waals surface area contributed by atoms with Gasteiger partial charge in [0, 0.05) is 6.92 Å². The Hall–Kier alpha value is -1.67. The zero-order valence-corrected chi connectivity index (χ0v) is 7.12. The molecule has 0 saturated carbocycles. The van der Waals surface area contributed by atoms with Crippen LogP contribution in [0, 0.1) is 0 Å². The van der Waals surface area contributed by atoms with E-state index in [2.05, 4.69) is 0 Å². The molecule has 0 rings (SSSR count). The molecule has 0 fully saturated rings. The number of aliphatic carboxylic acids is 3. The summed E-state index contributed by atoms with van der Waals surface area (Å²) in [6.07, 6.45) is -4.53. The predicted octanol–water partition coefficient (Wildman–Crippen LogP) is -2.03. The van der Waals surface area contributed by atoms with Crippen molar-refractivity contribution < 1.29 is 39.9 Å². The van der Waals surface area contributed by atoms with E-state index in [0.717, 1.165) is 6.92 Å². The minimum atomic E-state index is -2.27. The van der Waals surface area contributed by atoms with Gasteiger partial charge in [0.2, 0.25) is 0 Å². The molecule has 0 aromatic carbocycles. The van der Waals surface area contributed by atoms with Crippen LogP contribution in [0.2, 0.25) is 0 Å². The maximum atomic E-state index is 9.77. The maximum absolute atomic E-state index is 9.77. The molecule has 5 N–H and O–H groups in total. The third kappa shape index (κ3) is 8.43. The average Bonchev–Trinajstić information content (AvgIpc) is 2.00. The van der Waals surface area contributed by atoms with Gasteiger partial charge >= 0.3 is 11.9 Å². The second-order valence-electron chi connectivity index (χ2n) is 2.09. The molecule has 0 unspecified atom stereocenters. The summed E-state index contributed by atoms with van der Waals surface area (Å²) in [5.41, 5.74) is 0. The number of hydrogen-bond acceptors (Lipinski definition) is 5. The fourth-order valence-electron chi connectivity index (χ4n) is 0.270. The molecule has 14 heavy (non-hydrogen) atoms. The SMILES string of the molecule is CC(=O)O.O=C(O)[C@H](O)[C@@H](O)C(=O)O. The molecule has 0 aliphatic carbocycles. The van der Waals surface area contributed by atoms with Crippen LogP contribution in [-0.4, -0.2) is 55.6 Å². The highest BCUT2D eigenvalue weighted by atomic mass is 16.4. The lowest BCUT2D eigenvalue weighted by molar-refractivity contribution is -0.165. The van der Waals surface area contributed by atoms with Crippen molar-refractivity contribution in [2.45, 2.75) is 19.1 Å². The Bertz CT molecular complexity index is 200. The van der Waals surface area contributed by atoms with Crippen molar-refractivity contribution in [1.29, 1.82) is 0 Å². The van der Waals surface area contributed by atoms with Gasteiger partial charge in [0.05, 0.1) is 0 Å². The van der Waals surface area contributed by atoms with Crippen molar-refractivity contribution >= 4 is 17.9 Å². The van der Waals surface area contributed by atoms with Crippen LogP contribution in [0.4, 0.5) is 0 Å². The molecule has 0 aliphatic rings. The Balaban J connectivity index is 0. The second-order valence-corrected chi connectivity index (χ2v) is 2.09. The van der Waals surface area contributed by atoms with Gasteiger partial charge in [0.1, 0.15) is 0 Å². The molecule has 0 bridgehead atoms. The van der Waals surface area contributed by atoms with Crippen LogP contribution < -0.4 is 0 Å². The highest BCUT2D eigenvalue weighted by Crippen LogP contribution is 1.92. The van der Waals surface area contributed by atoms with E-state index in [1.807, 2.05) is 0 Å². The molecule has 0 aromatic heterocycles. The number of hydrogen-bond donors (Lipinski definition) is 5. The topological polar surface area (TPSA) is 152 Å². The minimum Gasteiger partial charge on any atom is -0.481 e. The van der Waals surface area contributed by atoms with Gasteiger partial charge in [-0.25, -0.2) is 9.59 Å². The smallest absolute Gasteiger partial charge is 0.335 e. The fourth-order valence-corrected chi connectivity index (χ4v) is 0.270. The van der Waals surface area contributed by atoms with Gasteiger partial charge in [0.25, 0.3) is 5.97 Å². The van der Waals surface area contributed by atoms with Crippen LogP contribution in [0.15, 0.2) is 0 Å². The van der Waals surface area contributed by atoms with Crippen LogP contribution >= 0.6 is 0 Å². The van der Waals surface area contributed by atoms with Gasteiger partial charge in [-0.1, -0.05) is 0 Å². The van der Waals surface area contributed by atoms with Crippen molar-refractivity contribution in [3.63, 3.8) is 0 Å². The number of carbonyl (C=O) groups is 3. The van der Waals surface area contributed by atoms with Crippen molar-refractivity contribution in [2.24, 2.45) is 0 Å². The summed E-state index contributed by atoms with van der Waals surface area (Å²) in [7, 11) is 0. The fraction of sp³-hybridized carbons (Fsp3) is 0.500. The molecular weight excluding hydrogens is 200 g/mol. The molecule has 0 amide bonds. The van der Waals surface area contributed by atoms with Gasteiger partial charge in [-0.3, -0.25) is 4.79 Å². The van der Waals surface area contributed by atoms with E-state index in [1.54, 1.807) is 0 Å². The van der Waals surface area contributed by atoms with Crippen molar-refractivity contribution in [3.05, 3.63) is 0 Å². The summed E-state index contributed by atoms with van der Waals surface area (Å²) >= 11 is 0. The van der Waals surface area contributed by atoms with Crippen molar-refractivity contribution in [2.75, 3.05) is 0 Å². The van der Waals surface area contributed by atoms with Gasteiger partial charge in [0.15, 0.2) is 12.2 Å². The summed E-state index contributed by atoms with van der Waals surface area (Å²) in [6, 6.07) is 0. The number of aliphatic hydroxyl groups excluding tert-OH is 2. The molecule has 0 spiro atoms. The van der Waals surface area contributed by atoms with Gasteiger partial charge < -0.3 is 25.5 Å². The summed E-state index contributed by atoms with van der Waals surface area (Å²) in [4.78, 5) is 28.5. The highest BCUT2D eigenvalue weighted by molar-refractivity contribution is 5.83. The van der Waals surface area contributed by atoms with Crippen LogP contribution in [0.3, 0.4) is 0 Å². The number of aliphatic hydroxyl groups is 2. The Kier molecular flexibility index (Phi) is 7.21. The molecule has 8 nitrogen and oxygen atoms in total. The van der Waals surface area contributed by atoms with Crippen LogP contribution in [-0.2, 0) is 14.4 Å². The predicted molar refractivity (Wildman–Crippen MR) is 40.6 cm³/mol. The Morgan fingerprint density at radius 3 is 1.07 bits per heavy atom. The maximum Gasteiger partial charge on any atom is 0.335 e. The molecule has 0 heterocycles. The van der Waals surface area contributed by atoms with E-state index in [4.69, 9.17) is 30.3 Å². The van der Waals surface area contributed by atoms with Crippen LogP contribution in [0.1, 0.15) is 6.92 Å². The first-order valence-electron chi connectivity index (χ1n) is 3.21. The molecule has 2 atom stereocenters. The molecule has 82 valence electrons. The number of carboxylic acids is 3. The quantitative estimate of drug-likeness (QED) is 0.357. The Morgan fingerprint density at radius 2 is 1.00 bits per heavy atom. The van der Waals surface area contributed by atoms with Gasteiger partial charge in [-0.05, 0) is 0 Å². The Morgan fingerprint density at radius 1 is 0.857 bits per heavy atom. The standard InChI is InChI=1S/C4H6O6.C2H4O2/c5-1(3(7)8)2(6)4(9)10;1-2(3)4/h1-2,5-6H,(H,7,8)(H,9,10);1H3,(H,3,4)/t1-,2-;/m1./s1. The first-order chi connectivity index (χ1) is 6.20. The summed E-state index contributed by atoms with van der Waals surface area (Å²) in [5.74, 6) is -4.37. The first-order valence-corrected chi connectivity index (χ1v) is 3.21. The van der Waals surface area contributed by atoms with E-state index >= 15 is 0 Å². The normalized spacial score (nSPS) is 13.1. The lowest BCUT2D eigenvalue weighted by atomic mass is 10.2. The minimum absolute atomic E-state index is 0.833. The molecule has 8 heteroatoms. The van der Waals surface area contributed by atoms with Gasteiger partial charge in [-0.2, -0.15) is 0 Å². The van der Waals surface area contributed by atoms with E-state index < -0.39 is 30.1 Å². The average molecular weight is 210 g/mol. The second kappa shape index (κ2) is 6.80. The summed E-state index contributed by atoms with van der Waals surface area (Å²) < 4.78 is 0. The monoisotopic (exact) mass is 210 g/mol. The number of rotatable bonds is 3. The van der Waals surface area contributed by atoms with E-state index in [1.165, 1.54) is 0 Å². The molecule has 0 saturated heterocycles. The first kappa shape index (κ1) is 14.8. The Labute approximate surface area is 78.0 Å². The third-order valence-corrected chi connectivity index (χ3v) is 0.805. The number of carboxylic acid groups (broad SMARTS) is 3. The van der Waals surface area contributed by atoms with E-state index in [9.17, 15) is 9.59 Å². The zero-order chi connectivity index (χ0) is 11.9. The lowest BCUT2D eigenvalue weighted by Gasteiger charge is -2.07. The van der Waals surface area contributed by atoms with Crippen LogP contribution in [0.25, 0.3) is 0 Å². The van der Waals surface area contributed by atoms with Crippen molar-refractivity contribution in [3.8, 4) is 0 Å².